The van der Waals surface area contributed by atoms with Crippen LogP contribution in [0.1, 0.15) is 38.8 Å². The van der Waals surface area contributed by atoms with Crippen molar-refractivity contribution < 1.29 is 30.6 Å². The van der Waals surface area contributed by atoms with Crippen LogP contribution in [0.2, 0.25) is 0 Å². The number of aliphatic hydroxyl groups excluding tert-OH is 4. The first-order chi connectivity index (χ1) is 13.0. The lowest BCUT2D eigenvalue weighted by Crippen LogP contribution is -2.36. The van der Waals surface area contributed by atoms with E-state index < -0.39 is 24.4 Å². The van der Waals surface area contributed by atoms with E-state index >= 15 is 0 Å². The van der Waals surface area contributed by atoms with Gasteiger partial charge < -0.3 is 30.6 Å². The van der Waals surface area contributed by atoms with Crippen LogP contribution in [0.15, 0.2) is 12.1 Å². The van der Waals surface area contributed by atoms with Crippen molar-refractivity contribution in [3.63, 3.8) is 0 Å². The van der Waals surface area contributed by atoms with E-state index in [1.807, 2.05) is 0 Å². The Labute approximate surface area is 167 Å². The number of phenols is 2. The van der Waals surface area contributed by atoms with E-state index in [0.717, 1.165) is 0 Å². The van der Waals surface area contributed by atoms with E-state index in [0.29, 0.717) is 37.3 Å². The number of aliphatic hydroxyl groups is 4. The number of rotatable bonds is 12. The summed E-state index contributed by atoms with van der Waals surface area (Å²) in [4.78, 5) is 3.60. The summed E-state index contributed by atoms with van der Waals surface area (Å²) in [5.74, 6) is 0.00561. The molecule has 8 heteroatoms. The summed E-state index contributed by atoms with van der Waals surface area (Å²) in [5, 5.41) is 59.4. The molecular weight excluding hydrogens is 364 g/mol. The van der Waals surface area contributed by atoms with Crippen LogP contribution in [-0.4, -0.2) is 91.0 Å². The molecule has 0 amide bonds. The van der Waals surface area contributed by atoms with Gasteiger partial charge in [0, 0.05) is 50.4 Å². The molecule has 4 unspecified atom stereocenters. The Hall–Kier alpha value is -1.42. The zero-order chi connectivity index (χ0) is 21.4. The Morgan fingerprint density at radius 3 is 1.07 bits per heavy atom. The number of hydrogen-bond acceptors (Lipinski definition) is 8. The summed E-state index contributed by atoms with van der Waals surface area (Å²) >= 11 is 0. The highest BCUT2D eigenvalue weighted by molar-refractivity contribution is 5.45. The lowest BCUT2D eigenvalue weighted by atomic mass is 10.1. The second-order valence-electron chi connectivity index (χ2n) is 7.89. The highest BCUT2D eigenvalue weighted by Gasteiger charge is 2.18. The molecule has 6 N–H and O–H groups in total. The molecule has 0 heterocycles. The molecule has 1 aromatic rings. The molecule has 1 aromatic carbocycles. The van der Waals surface area contributed by atoms with Crippen molar-refractivity contribution in [2.75, 3.05) is 26.2 Å². The van der Waals surface area contributed by atoms with Gasteiger partial charge in [0.1, 0.15) is 11.5 Å². The number of benzene rings is 1. The fourth-order valence-electron chi connectivity index (χ4n) is 3.30. The van der Waals surface area contributed by atoms with E-state index in [1.54, 1.807) is 37.5 Å². The molecule has 162 valence electrons. The molecule has 0 aliphatic heterocycles. The van der Waals surface area contributed by atoms with Crippen molar-refractivity contribution in [3.05, 3.63) is 23.3 Å². The monoisotopic (exact) mass is 400 g/mol. The summed E-state index contributed by atoms with van der Waals surface area (Å²) < 4.78 is 0. The zero-order valence-electron chi connectivity index (χ0n) is 17.3. The predicted molar refractivity (Wildman–Crippen MR) is 107 cm³/mol. The van der Waals surface area contributed by atoms with E-state index in [2.05, 4.69) is 0 Å². The Morgan fingerprint density at radius 2 is 0.857 bits per heavy atom. The molecule has 4 atom stereocenters. The van der Waals surface area contributed by atoms with Crippen LogP contribution in [0, 0.1) is 0 Å². The standard InChI is InChI=1S/C20H36N2O6/c1-13(23)7-21(8-14(2)24)11-17-5-20(28)18(6-19(17)27)12-22(9-15(3)25)10-16(4)26/h5-6,13-16,23-28H,7-12H2,1-4H3. The maximum Gasteiger partial charge on any atom is 0.120 e. The van der Waals surface area contributed by atoms with Crippen LogP contribution in [0.25, 0.3) is 0 Å². The van der Waals surface area contributed by atoms with E-state index in [1.165, 1.54) is 12.1 Å². The topological polar surface area (TPSA) is 128 Å². The molecular formula is C20H36N2O6. The van der Waals surface area contributed by atoms with Crippen LogP contribution in [-0.2, 0) is 13.1 Å². The fourth-order valence-corrected chi connectivity index (χ4v) is 3.30. The molecule has 0 spiro atoms. The van der Waals surface area contributed by atoms with E-state index in [9.17, 15) is 30.6 Å². The second kappa shape index (κ2) is 11.5. The largest absolute Gasteiger partial charge is 0.508 e. The summed E-state index contributed by atoms with van der Waals surface area (Å²) in [6, 6.07) is 2.95. The van der Waals surface area contributed by atoms with Crippen LogP contribution < -0.4 is 0 Å². The number of nitrogens with zero attached hydrogens (tertiary/aromatic N) is 2. The van der Waals surface area contributed by atoms with Gasteiger partial charge in [0.05, 0.1) is 24.4 Å². The number of phenolic OH excluding ortho intramolecular Hbond substituents is 2. The van der Waals surface area contributed by atoms with Gasteiger partial charge in [0.2, 0.25) is 0 Å². The highest BCUT2D eigenvalue weighted by Crippen LogP contribution is 2.29. The molecule has 0 aromatic heterocycles. The fraction of sp³-hybridized carbons (Fsp3) is 0.700. The Bertz CT molecular complexity index is 521. The minimum atomic E-state index is -0.594. The molecule has 0 aliphatic carbocycles. The maximum absolute atomic E-state index is 10.4. The van der Waals surface area contributed by atoms with Crippen molar-refractivity contribution in [1.82, 2.24) is 9.80 Å². The average molecular weight is 401 g/mol. The molecule has 0 fully saturated rings. The van der Waals surface area contributed by atoms with Crippen LogP contribution in [0.3, 0.4) is 0 Å². The first-order valence-corrected chi connectivity index (χ1v) is 9.68. The van der Waals surface area contributed by atoms with Gasteiger partial charge in [0.25, 0.3) is 0 Å². The number of hydrogen-bond donors (Lipinski definition) is 6. The third-order valence-electron chi connectivity index (χ3n) is 4.16. The van der Waals surface area contributed by atoms with E-state index in [4.69, 9.17) is 0 Å². The van der Waals surface area contributed by atoms with E-state index in [-0.39, 0.29) is 24.6 Å². The van der Waals surface area contributed by atoms with Crippen molar-refractivity contribution >= 4 is 0 Å². The van der Waals surface area contributed by atoms with Gasteiger partial charge in [-0.2, -0.15) is 0 Å². The van der Waals surface area contributed by atoms with Gasteiger partial charge in [-0.3, -0.25) is 9.80 Å². The molecule has 0 saturated heterocycles. The smallest absolute Gasteiger partial charge is 0.120 e. The molecule has 1 rings (SSSR count). The molecule has 8 nitrogen and oxygen atoms in total. The van der Waals surface area contributed by atoms with Crippen LogP contribution >= 0.6 is 0 Å². The summed E-state index contributed by atoms with van der Waals surface area (Å²) in [5.41, 5.74) is 0.973. The summed E-state index contributed by atoms with van der Waals surface area (Å²) in [6.45, 7) is 8.41. The Kier molecular flexibility index (Phi) is 10.2. The quantitative estimate of drug-likeness (QED) is 0.275. The van der Waals surface area contributed by atoms with Gasteiger partial charge in [-0.1, -0.05) is 0 Å². The van der Waals surface area contributed by atoms with Gasteiger partial charge in [-0.25, -0.2) is 0 Å². The maximum atomic E-state index is 10.4. The minimum Gasteiger partial charge on any atom is -0.508 e. The van der Waals surface area contributed by atoms with Gasteiger partial charge in [-0.15, -0.1) is 0 Å². The average Bonchev–Trinajstić information content (AvgIpc) is 2.49. The Balaban J connectivity index is 2.97. The van der Waals surface area contributed by atoms with Crippen molar-refractivity contribution in [1.29, 1.82) is 0 Å². The third kappa shape index (κ3) is 9.18. The van der Waals surface area contributed by atoms with Gasteiger partial charge in [0.15, 0.2) is 0 Å². The molecule has 0 aliphatic rings. The van der Waals surface area contributed by atoms with Crippen LogP contribution in [0.4, 0.5) is 0 Å². The van der Waals surface area contributed by atoms with Crippen molar-refractivity contribution in [2.24, 2.45) is 0 Å². The van der Waals surface area contributed by atoms with Crippen molar-refractivity contribution in [2.45, 2.75) is 65.2 Å². The Morgan fingerprint density at radius 1 is 0.607 bits per heavy atom. The first-order valence-electron chi connectivity index (χ1n) is 9.68. The normalized spacial score (nSPS) is 16.4. The summed E-state index contributed by atoms with van der Waals surface area (Å²) in [7, 11) is 0. The molecule has 28 heavy (non-hydrogen) atoms. The van der Waals surface area contributed by atoms with Crippen LogP contribution in [0.5, 0.6) is 11.5 Å². The lowest BCUT2D eigenvalue weighted by Gasteiger charge is -2.27. The SMILES string of the molecule is CC(O)CN(Cc1cc(O)c(CN(CC(C)O)CC(C)O)cc1O)CC(C)O. The molecule has 0 radical (unpaired) electrons. The second-order valence-corrected chi connectivity index (χ2v) is 7.89. The first kappa shape index (κ1) is 24.6. The van der Waals surface area contributed by atoms with Gasteiger partial charge in [-0.05, 0) is 39.8 Å². The minimum absolute atomic E-state index is 0.00281. The molecule has 0 saturated carbocycles. The number of aromatic hydroxyl groups is 2. The van der Waals surface area contributed by atoms with Gasteiger partial charge >= 0.3 is 0 Å². The highest BCUT2D eigenvalue weighted by atomic mass is 16.3. The predicted octanol–water partition coefficient (Wildman–Crippen LogP) is 0.225. The lowest BCUT2D eigenvalue weighted by molar-refractivity contribution is 0.0775. The molecule has 0 bridgehead atoms. The third-order valence-corrected chi connectivity index (χ3v) is 4.16. The summed E-state index contributed by atoms with van der Waals surface area (Å²) in [6.07, 6.45) is -2.38. The zero-order valence-corrected chi connectivity index (χ0v) is 17.3. The van der Waals surface area contributed by atoms with Crippen molar-refractivity contribution in [3.8, 4) is 11.5 Å².